The predicted octanol–water partition coefficient (Wildman–Crippen LogP) is 5.52. The van der Waals surface area contributed by atoms with Gasteiger partial charge in [0.1, 0.15) is 4.90 Å². The van der Waals surface area contributed by atoms with Gasteiger partial charge in [0.05, 0.1) is 24.3 Å². The summed E-state index contributed by atoms with van der Waals surface area (Å²) in [7, 11) is -4.74. The number of rotatable bonds is 15. The molecule has 0 spiro atoms. The van der Waals surface area contributed by atoms with E-state index in [4.69, 9.17) is 9.47 Å². The third kappa shape index (κ3) is 10.2. The molecule has 0 aliphatic heterocycles. The van der Waals surface area contributed by atoms with Crippen LogP contribution in [-0.4, -0.2) is 38.1 Å². The van der Waals surface area contributed by atoms with Crippen molar-refractivity contribution in [1.82, 2.24) is 0 Å². The summed E-state index contributed by atoms with van der Waals surface area (Å²) < 4.78 is 43.5. The molecule has 1 aromatic rings. The van der Waals surface area contributed by atoms with Gasteiger partial charge < -0.3 is 9.47 Å². The number of benzene rings is 1. The molecular weight excluding hydrogens is 432 g/mol. The van der Waals surface area contributed by atoms with Crippen LogP contribution < -0.4 is 0 Å². The number of esters is 2. The molecule has 0 aromatic heterocycles. The second-order valence-electron chi connectivity index (χ2n) is 7.18. The van der Waals surface area contributed by atoms with E-state index >= 15 is 0 Å². The summed E-state index contributed by atoms with van der Waals surface area (Å²) in [5, 5.41) is 0. The van der Waals surface area contributed by atoms with Gasteiger partial charge in [-0.05, 0) is 63.5 Å². The lowest BCUT2D eigenvalue weighted by Crippen LogP contribution is -2.19. The fraction of sp³-hybridized carbons (Fsp3) is 0.500. The van der Waals surface area contributed by atoms with E-state index in [1.54, 1.807) is 0 Å². The van der Waals surface area contributed by atoms with Crippen LogP contribution in [0, 0.1) is 0 Å². The zero-order valence-electron chi connectivity index (χ0n) is 18.9. The van der Waals surface area contributed by atoms with E-state index in [-0.39, 0.29) is 18.8 Å². The van der Waals surface area contributed by atoms with Crippen molar-refractivity contribution in [2.24, 2.45) is 0 Å². The molecular formula is C24H34O7S. The summed E-state index contributed by atoms with van der Waals surface area (Å²) in [5.74, 6) is -1.82. The first kappa shape index (κ1) is 27.6. The van der Waals surface area contributed by atoms with Crippen LogP contribution in [0.2, 0.25) is 0 Å². The highest BCUT2D eigenvalue weighted by atomic mass is 32.2. The molecule has 0 unspecified atom stereocenters. The number of allylic oxidation sites excluding steroid dienone is 4. The normalized spacial score (nSPS) is 11.8. The fourth-order valence-corrected chi connectivity index (χ4v) is 3.61. The zero-order valence-corrected chi connectivity index (χ0v) is 19.7. The first-order chi connectivity index (χ1) is 15.3. The lowest BCUT2D eigenvalue weighted by molar-refractivity contribution is 0.0447. The third-order valence-electron chi connectivity index (χ3n) is 4.53. The zero-order chi connectivity index (χ0) is 23.8. The number of hydrogen-bond acceptors (Lipinski definition) is 6. The van der Waals surface area contributed by atoms with Crippen LogP contribution in [0.5, 0.6) is 0 Å². The molecule has 0 saturated carbocycles. The van der Waals surface area contributed by atoms with Crippen molar-refractivity contribution < 1.29 is 32.0 Å². The molecule has 32 heavy (non-hydrogen) atoms. The first-order valence-corrected chi connectivity index (χ1v) is 12.5. The van der Waals surface area contributed by atoms with Crippen molar-refractivity contribution in [3.8, 4) is 0 Å². The molecule has 0 fully saturated rings. The number of unbranched alkanes of at least 4 members (excludes halogenated alkanes) is 4. The highest BCUT2D eigenvalue weighted by molar-refractivity contribution is 7.86. The predicted molar refractivity (Wildman–Crippen MR) is 123 cm³/mol. The molecule has 7 nitrogen and oxygen atoms in total. The summed E-state index contributed by atoms with van der Waals surface area (Å²) in [6.45, 7) is 4.29. The van der Waals surface area contributed by atoms with E-state index in [1.807, 2.05) is 26.0 Å². The van der Waals surface area contributed by atoms with Crippen molar-refractivity contribution in [2.45, 2.75) is 70.1 Å². The first-order valence-electron chi connectivity index (χ1n) is 11.1. The molecule has 0 aliphatic carbocycles. The third-order valence-corrected chi connectivity index (χ3v) is 5.43. The number of ether oxygens (including phenoxy) is 2. The molecule has 178 valence electrons. The summed E-state index contributed by atoms with van der Waals surface area (Å²) in [6, 6.07) is 3.61. The lowest BCUT2D eigenvalue weighted by Gasteiger charge is -2.12. The van der Waals surface area contributed by atoms with Gasteiger partial charge in [0, 0.05) is 0 Å². The van der Waals surface area contributed by atoms with E-state index in [2.05, 4.69) is 12.2 Å². The van der Waals surface area contributed by atoms with Crippen LogP contribution >= 0.6 is 0 Å². The summed E-state index contributed by atoms with van der Waals surface area (Å²) >= 11 is 0. The van der Waals surface area contributed by atoms with Gasteiger partial charge in [-0.3, -0.25) is 4.55 Å². The van der Waals surface area contributed by atoms with Gasteiger partial charge in [0.15, 0.2) is 0 Å². The molecule has 1 aromatic carbocycles. The molecule has 0 aliphatic rings. The smallest absolute Gasteiger partial charge is 0.340 e. The average Bonchev–Trinajstić information content (AvgIpc) is 2.76. The van der Waals surface area contributed by atoms with Gasteiger partial charge in [-0.15, -0.1) is 0 Å². The topological polar surface area (TPSA) is 107 Å². The van der Waals surface area contributed by atoms with Crippen molar-refractivity contribution in [3.05, 3.63) is 53.6 Å². The minimum Gasteiger partial charge on any atom is -0.462 e. The Morgan fingerprint density at radius 3 is 1.88 bits per heavy atom. The van der Waals surface area contributed by atoms with Crippen molar-refractivity contribution in [3.63, 3.8) is 0 Å². The Morgan fingerprint density at radius 2 is 1.38 bits per heavy atom. The van der Waals surface area contributed by atoms with Crippen LogP contribution in [-0.2, 0) is 19.6 Å². The maximum absolute atomic E-state index is 12.6. The van der Waals surface area contributed by atoms with Crippen LogP contribution in [0.3, 0.4) is 0 Å². The number of carbonyl (C=O) groups is 2. The van der Waals surface area contributed by atoms with E-state index in [9.17, 15) is 22.6 Å². The van der Waals surface area contributed by atoms with Gasteiger partial charge in [0.25, 0.3) is 10.1 Å². The Balaban J connectivity index is 2.82. The van der Waals surface area contributed by atoms with Crippen molar-refractivity contribution >= 4 is 22.1 Å². The Labute approximate surface area is 191 Å². The second-order valence-corrected chi connectivity index (χ2v) is 8.57. The standard InChI is InChI=1S/C24H34O7S/c1-3-5-7-9-11-13-18-30-23(25)20-16-15-17-21(32(27,28)29)22(20)24(26)31-19-14-12-10-8-6-4-2/h5-8,15-17H,3-4,9-14,18-19H2,1-2H3,(H,27,28,29)/b7-5+,8-6+. The van der Waals surface area contributed by atoms with E-state index in [1.165, 1.54) is 12.1 Å². The van der Waals surface area contributed by atoms with Crippen LogP contribution in [0.25, 0.3) is 0 Å². The van der Waals surface area contributed by atoms with Gasteiger partial charge in [-0.2, -0.15) is 8.42 Å². The van der Waals surface area contributed by atoms with Crippen molar-refractivity contribution in [2.75, 3.05) is 13.2 Å². The average molecular weight is 467 g/mol. The van der Waals surface area contributed by atoms with Crippen LogP contribution in [0.15, 0.2) is 47.4 Å². The molecule has 0 atom stereocenters. The van der Waals surface area contributed by atoms with E-state index in [0.717, 1.165) is 44.6 Å². The number of hydrogen-bond donors (Lipinski definition) is 1. The quantitative estimate of drug-likeness (QED) is 0.157. The minimum absolute atomic E-state index is 0.0678. The molecule has 0 amide bonds. The maximum Gasteiger partial charge on any atom is 0.340 e. The second kappa shape index (κ2) is 15.4. The number of carbonyl (C=O) groups excluding carboxylic acids is 2. The molecule has 1 N–H and O–H groups in total. The molecule has 0 radical (unpaired) electrons. The van der Waals surface area contributed by atoms with E-state index < -0.39 is 32.5 Å². The minimum atomic E-state index is -4.74. The van der Waals surface area contributed by atoms with Gasteiger partial charge in [0.2, 0.25) is 0 Å². The molecule has 0 saturated heterocycles. The van der Waals surface area contributed by atoms with Crippen LogP contribution in [0.1, 0.15) is 85.9 Å². The Kier molecular flexibility index (Phi) is 13.2. The molecule has 0 heterocycles. The molecule has 8 heteroatoms. The van der Waals surface area contributed by atoms with Gasteiger partial charge in [-0.25, -0.2) is 9.59 Å². The monoisotopic (exact) mass is 466 g/mol. The summed E-state index contributed by atoms with van der Waals surface area (Å²) in [4.78, 5) is 24.5. The van der Waals surface area contributed by atoms with Gasteiger partial charge >= 0.3 is 11.9 Å². The van der Waals surface area contributed by atoms with E-state index in [0.29, 0.717) is 12.8 Å². The fourth-order valence-electron chi connectivity index (χ4n) is 2.90. The van der Waals surface area contributed by atoms with Crippen LogP contribution in [0.4, 0.5) is 0 Å². The maximum atomic E-state index is 12.6. The molecule has 0 bridgehead atoms. The Morgan fingerprint density at radius 1 is 0.844 bits per heavy atom. The highest BCUT2D eigenvalue weighted by Gasteiger charge is 2.28. The SMILES string of the molecule is CC/C=C/CCCCOC(=O)c1cccc(S(=O)(=O)O)c1C(=O)OCCCC/C=C/CC. The van der Waals surface area contributed by atoms with Gasteiger partial charge in [-0.1, -0.05) is 44.2 Å². The lowest BCUT2D eigenvalue weighted by atomic mass is 10.1. The Bertz CT molecular complexity index is 886. The van der Waals surface area contributed by atoms with Crippen molar-refractivity contribution in [1.29, 1.82) is 0 Å². The summed E-state index contributed by atoms with van der Waals surface area (Å²) in [5.41, 5.74) is -0.751. The largest absolute Gasteiger partial charge is 0.462 e. The Hall–Kier alpha value is -2.45. The highest BCUT2D eigenvalue weighted by Crippen LogP contribution is 2.22. The summed E-state index contributed by atoms with van der Waals surface area (Å²) in [6.07, 6.45) is 14.7. The molecule has 1 rings (SSSR count).